The van der Waals surface area contributed by atoms with Crippen molar-refractivity contribution in [3.8, 4) is 5.69 Å². The molecule has 0 unspecified atom stereocenters. The van der Waals surface area contributed by atoms with Crippen LogP contribution < -0.4 is 16.6 Å². The third-order valence-electron chi connectivity index (χ3n) is 5.55. The highest BCUT2D eigenvalue weighted by Gasteiger charge is 2.19. The first-order chi connectivity index (χ1) is 14.9. The second kappa shape index (κ2) is 8.35. The molecule has 0 fully saturated rings. The third kappa shape index (κ3) is 3.72. The van der Waals surface area contributed by atoms with E-state index in [1.54, 1.807) is 17.5 Å². The van der Waals surface area contributed by atoms with Crippen molar-refractivity contribution in [2.45, 2.75) is 33.7 Å². The largest absolute Gasteiger partial charge is 0.336 e. The van der Waals surface area contributed by atoms with Gasteiger partial charge in [0.1, 0.15) is 11.2 Å². The van der Waals surface area contributed by atoms with Gasteiger partial charge in [0.05, 0.1) is 11.2 Å². The van der Waals surface area contributed by atoms with Gasteiger partial charge in [0.25, 0.3) is 5.56 Å². The van der Waals surface area contributed by atoms with Crippen LogP contribution in [0.25, 0.3) is 15.9 Å². The number of hydrogen-bond acceptors (Lipinski definition) is 4. The molecule has 31 heavy (non-hydrogen) atoms. The highest BCUT2D eigenvalue weighted by Crippen LogP contribution is 2.20. The van der Waals surface area contributed by atoms with Crippen molar-refractivity contribution in [2.75, 3.05) is 5.32 Å². The Morgan fingerprint density at radius 1 is 1.03 bits per heavy atom. The first-order valence-electron chi connectivity index (χ1n) is 10.1. The van der Waals surface area contributed by atoms with Crippen LogP contribution in [0.4, 0.5) is 5.69 Å². The minimum absolute atomic E-state index is 0.185. The molecule has 1 N–H and O–H groups in total. The number of aromatic nitrogens is 2. The van der Waals surface area contributed by atoms with Crippen molar-refractivity contribution in [3.05, 3.63) is 91.4 Å². The van der Waals surface area contributed by atoms with Gasteiger partial charge in [0, 0.05) is 5.69 Å². The fraction of sp³-hybridized carbons (Fsp3) is 0.208. The van der Waals surface area contributed by atoms with E-state index in [1.165, 1.54) is 20.5 Å². The molecular formula is C24H23N3O3S. The number of nitrogens with one attached hydrogen (secondary N) is 1. The molecule has 4 aromatic rings. The summed E-state index contributed by atoms with van der Waals surface area (Å²) in [5, 5.41) is 4.67. The molecular weight excluding hydrogens is 410 g/mol. The number of thiophene rings is 1. The van der Waals surface area contributed by atoms with Crippen molar-refractivity contribution in [2.24, 2.45) is 0 Å². The van der Waals surface area contributed by atoms with E-state index >= 15 is 0 Å². The highest BCUT2D eigenvalue weighted by atomic mass is 32.1. The normalized spacial score (nSPS) is 11.1. The van der Waals surface area contributed by atoms with Gasteiger partial charge in [-0.05, 0) is 60.5 Å². The number of aryl methyl sites for hydroxylation is 2. The van der Waals surface area contributed by atoms with Gasteiger partial charge in [0.2, 0.25) is 5.91 Å². The molecule has 0 radical (unpaired) electrons. The Labute approximate surface area is 183 Å². The molecule has 2 aromatic carbocycles. The molecule has 0 aliphatic heterocycles. The molecule has 6 nitrogen and oxygen atoms in total. The van der Waals surface area contributed by atoms with Crippen molar-refractivity contribution >= 4 is 33.1 Å². The van der Waals surface area contributed by atoms with Crippen molar-refractivity contribution in [3.63, 3.8) is 0 Å². The molecule has 7 heteroatoms. The van der Waals surface area contributed by atoms with Crippen LogP contribution in [0.1, 0.15) is 23.6 Å². The van der Waals surface area contributed by atoms with E-state index in [0.717, 1.165) is 28.8 Å². The lowest BCUT2D eigenvalue weighted by atomic mass is 10.1. The summed E-state index contributed by atoms with van der Waals surface area (Å²) in [5.74, 6) is -0.318. The summed E-state index contributed by atoms with van der Waals surface area (Å²) in [7, 11) is 0. The first kappa shape index (κ1) is 20.8. The van der Waals surface area contributed by atoms with E-state index in [0.29, 0.717) is 15.9 Å². The van der Waals surface area contributed by atoms with Crippen LogP contribution in [0.3, 0.4) is 0 Å². The Bertz CT molecular complexity index is 1410. The Kier molecular flexibility index (Phi) is 5.61. The van der Waals surface area contributed by atoms with E-state index < -0.39 is 5.69 Å². The smallest absolute Gasteiger partial charge is 0.324 e. The number of rotatable bonds is 5. The van der Waals surface area contributed by atoms with Gasteiger partial charge in [-0.15, -0.1) is 11.3 Å². The summed E-state index contributed by atoms with van der Waals surface area (Å²) >= 11 is 1.27. The van der Waals surface area contributed by atoms with Gasteiger partial charge in [-0.3, -0.25) is 14.2 Å². The molecule has 0 bridgehead atoms. The first-order valence-corrected chi connectivity index (χ1v) is 11.0. The second-order valence-corrected chi connectivity index (χ2v) is 8.34. The van der Waals surface area contributed by atoms with Crippen LogP contribution in [-0.4, -0.2) is 15.0 Å². The minimum Gasteiger partial charge on any atom is -0.324 e. The minimum atomic E-state index is -0.525. The van der Waals surface area contributed by atoms with Crippen LogP contribution >= 0.6 is 11.3 Å². The van der Waals surface area contributed by atoms with Crippen LogP contribution in [0.5, 0.6) is 0 Å². The molecule has 2 heterocycles. The summed E-state index contributed by atoms with van der Waals surface area (Å²) in [6, 6.07) is 14.8. The average Bonchev–Trinajstić information content (AvgIpc) is 3.25. The van der Waals surface area contributed by atoms with Crippen molar-refractivity contribution < 1.29 is 4.79 Å². The van der Waals surface area contributed by atoms with E-state index in [9.17, 15) is 14.4 Å². The van der Waals surface area contributed by atoms with Crippen LogP contribution in [0.15, 0.2) is 63.5 Å². The Morgan fingerprint density at radius 3 is 2.58 bits per heavy atom. The van der Waals surface area contributed by atoms with Gasteiger partial charge >= 0.3 is 5.69 Å². The zero-order valence-electron chi connectivity index (χ0n) is 17.6. The van der Waals surface area contributed by atoms with Crippen molar-refractivity contribution in [1.29, 1.82) is 0 Å². The molecule has 0 aliphatic rings. The Hall–Kier alpha value is -3.45. The van der Waals surface area contributed by atoms with Crippen LogP contribution in [0, 0.1) is 13.8 Å². The van der Waals surface area contributed by atoms with Gasteiger partial charge in [-0.25, -0.2) is 9.36 Å². The molecule has 0 aliphatic carbocycles. The molecule has 0 saturated heterocycles. The topological polar surface area (TPSA) is 73.1 Å². The maximum atomic E-state index is 13.4. The quantitative estimate of drug-likeness (QED) is 0.516. The maximum Gasteiger partial charge on any atom is 0.336 e. The van der Waals surface area contributed by atoms with E-state index in [4.69, 9.17) is 0 Å². The van der Waals surface area contributed by atoms with E-state index in [-0.39, 0.29) is 18.0 Å². The molecule has 158 valence electrons. The summed E-state index contributed by atoms with van der Waals surface area (Å²) in [5.41, 5.74) is 3.70. The maximum absolute atomic E-state index is 13.4. The van der Waals surface area contributed by atoms with Gasteiger partial charge < -0.3 is 5.32 Å². The van der Waals surface area contributed by atoms with Crippen molar-refractivity contribution in [1.82, 2.24) is 9.13 Å². The Balaban J connectivity index is 1.82. The molecule has 4 rings (SSSR count). The highest BCUT2D eigenvalue weighted by molar-refractivity contribution is 7.17. The van der Waals surface area contributed by atoms with Gasteiger partial charge in [-0.2, -0.15) is 0 Å². The van der Waals surface area contributed by atoms with E-state index in [2.05, 4.69) is 5.32 Å². The number of carbonyl (C=O) groups is 1. The third-order valence-corrected chi connectivity index (χ3v) is 6.44. The lowest BCUT2D eigenvalue weighted by Gasteiger charge is -2.15. The average molecular weight is 434 g/mol. The van der Waals surface area contributed by atoms with Crippen LogP contribution in [-0.2, 0) is 17.8 Å². The summed E-state index contributed by atoms with van der Waals surface area (Å²) in [6.45, 7) is 5.65. The van der Waals surface area contributed by atoms with Crippen LogP contribution in [0.2, 0.25) is 0 Å². The molecule has 2 aromatic heterocycles. The molecule has 0 saturated carbocycles. The van der Waals surface area contributed by atoms with Gasteiger partial charge in [0.15, 0.2) is 0 Å². The SMILES string of the molecule is CCc1ccccc1NC(=O)Cn1c(=O)n(-c2cccc(C)c2C)c(=O)c2sccc21. The predicted molar refractivity (Wildman–Crippen MR) is 126 cm³/mol. The lowest BCUT2D eigenvalue weighted by molar-refractivity contribution is -0.116. The van der Waals surface area contributed by atoms with Gasteiger partial charge in [-0.1, -0.05) is 37.3 Å². The number of amides is 1. The molecule has 0 atom stereocenters. The Morgan fingerprint density at radius 2 is 1.81 bits per heavy atom. The fourth-order valence-corrected chi connectivity index (χ4v) is 4.54. The fourth-order valence-electron chi connectivity index (χ4n) is 3.71. The number of carbonyl (C=O) groups excluding carboxylic acids is 1. The summed E-state index contributed by atoms with van der Waals surface area (Å²) < 4.78 is 3.00. The number of benzene rings is 2. The summed E-state index contributed by atoms with van der Waals surface area (Å²) in [6.07, 6.45) is 0.780. The lowest BCUT2D eigenvalue weighted by Crippen LogP contribution is -2.40. The predicted octanol–water partition coefficient (Wildman–Crippen LogP) is 4.03. The number of para-hydroxylation sites is 1. The standard InChI is InChI=1S/C24H23N3O3S/c1-4-17-9-5-6-10-18(17)25-21(28)14-26-20-12-13-31-22(20)23(29)27(24(26)30)19-11-7-8-15(2)16(19)3/h5-13H,4,14H2,1-3H3,(H,25,28). The number of fused-ring (bicyclic) bond motifs is 1. The number of anilines is 1. The second-order valence-electron chi connectivity index (χ2n) is 7.42. The molecule has 1 amide bonds. The molecule has 0 spiro atoms. The number of hydrogen-bond donors (Lipinski definition) is 1. The number of nitrogens with zero attached hydrogens (tertiary/aromatic N) is 2. The zero-order chi connectivity index (χ0) is 22.1. The monoisotopic (exact) mass is 433 g/mol. The zero-order valence-corrected chi connectivity index (χ0v) is 18.5. The van der Waals surface area contributed by atoms with E-state index in [1.807, 2.05) is 57.2 Å². The summed E-state index contributed by atoms with van der Waals surface area (Å²) in [4.78, 5) is 39.4.